The van der Waals surface area contributed by atoms with Crippen LogP contribution in [0, 0.1) is 19.3 Å². The van der Waals surface area contributed by atoms with Gasteiger partial charge in [-0.2, -0.15) is 0 Å². The second-order valence-electron chi connectivity index (χ2n) is 5.14. The topological polar surface area (TPSA) is 29.5 Å². The van der Waals surface area contributed by atoms with Crippen LogP contribution in [0.5, 0.6) is 5.75 Å². The van der Waals surface area contributed by atoms with Crippen molar-refractivity contribution in [2.24, 2.45) is 0 Å². The van der Waals surface area contributed by atoms with E-state index in [2.05, 4.69) is 18.1 Å². The molecule has 0 radical (unpaired) electrons. The molecule has 21 heavy (non-hydrogen) atoms. The van der Waals surface area contributed by atoms with Gasteiger partial charge < -0.3 is 9.84 Å². The molecule has 0 bridgehead atoms. The maximum absolute atomic E-state index is 10.4. The van der Waals surface area contributed by atoms with E-state index >= 15 is 0 Å². The summed E-state index contributed by atoms with van der Waals surface area (Å²) in [5.74, 6) is 3.21. The average Bonchev–Trinajstić information content (AvgIpc) is 2.50. The van der Waals surface area contributed by atoms with Gasteiger partial charge in [0.25, 0.3) is 0 Å². The third-order valence-corrected chi connectivity index (χ3v) is 3.62. The van der Waals surface area contributed by atoms with Gasteiger partial charge in [-0.05, 0) is 30.2 Å². The van der Waals surface area contributed by atoms with E-state index in [0.717, 1.165) is 16.9 Å². The summed E-state index contributed by atoms with van der Waals surface area (Å²) < 4.78 is 5.18. The van der Waals surface area contributed by atoms with Gasteiger partial charge in [-0.3, -0.25) is 0 Å². The lowest BCUT2D eigenvalue weighted by molar-refractivity contribution is 0.162. The fourth-order valence-electron chi connectivity index (χ4n) is 2.46. The van der Waals surface area contributed by atoms with Gasteiger partial charge in [0.05, 0.1) is 13.2 Å². The highest BCUT2D eigenvalue weighted by molar-refractivity contribution is 5.38. The first-order valence-corrected chi connectivity index (χ1v) is 6.97. The van der Waals surface area contributed by atoms with Crippen LogP contribution in [0.25, 0.3) is 0 Å². The molecule has 0 aromatic heterocycles. The van der Waals surface area contributed by atoms with E-state index < -0.39 is 6.10 Å². The Hall–Kier alpha value is -2.24. The van der Waals surface area contributed by atoms with Crippen molar-refractivity contribution in [3.63, 3.8) is 0 Å². The van der Waals surface area contributed by atoms with E-state index in [1.54, 1.807) is 7.11 Å². The van der Waals surface area contributed by atoms with Crippen LogP contribution < -0.4 is 4.74 Å². The average molecular weight is 280 g/mol. The normalized spacial score (nSPS) is 13.2. The molecule has 2 rings (SSSR count). The Kier molecular flexibility index (Phi) is 5.03. The Bertz CT molecular complexity index is 606. The van der Waals surface area contributed by atoms with Crippen molar-refractivity contribution < 1.29 is 9.84 Å². The number of hydrogen-bond donors (Lipinski definition) is 1. The molecule has 2 aromatic rings. The SMILES string of the molecule is C#CCC(O)C(c1ccc(C)cc1)c1ccc(OC)cc1. The van der Waals surface area contributed by atoms with Crippen molar-refractivity contribution in [2.75, 3.05) is 7.11 Å². The van der Waals surface area contributed by atoms with Gasteiger partial charge in [0, 0.05) is 12.3 Å². The smallest absolute Gasteiger partial charge is 0.118 e. The molecule has 2 unspecified atom stereocenters. The summed E-state index contributed by atoms with van der Waals surface area (Å²) in [6.45, 7) is 2.05. The summed E-state index contributed by atoms with van der Waals surface area (Å²) in [7, 11) is 1.64. The lowest BCUT2D eigenvalue weighted by Crippen LogP contribution is -2.19. The number of aryl methyl sites for hydroxylation is 1. The molecule has 2 nitrogen and oxygen atoms in total. The fraction of sp³-hybridized carbons (Fsp3) is 0.263. The zero-order valence-electron chi connectivity index (χ0n) is 12.4. The summed E-state index contributed by atoms with van der Waals surface area (Å²) in [4.78, 5) is 0. The molecule has 0 saturated heterocycles. The summed E-state index contributed by atoms with van der Waals surface area (Å²) in [5, 5.41) is 10.4. The number of rotatable bonds is 5. The van der Waals surface area contributed by atoms with Crippen molar-refractivity contribution in [1.82, 2.24) is 0 Å². The zero-order chi connectivity index (χ0) is 15.2. The maximum Gasteiger partial charge on any atom is 0.118 e. The van der Waals surface area contributed by atoms with Crippen LogP contribution in [0.4, 0.5) is 0 Å². The van der Waals surface area contributed by atoms with Gasteiger partial charge >= 0.3 is 0 Å². The van der Waals surface area contributed by atoms with Crippen molar-refractivity contribution in [3.05, 3.63) is 65.2 Å². The number of aliphatic hydroxyl groups is 1. The van der Waals surface area contributed by atoms with Gasteiger partial charge in [0.1, 0.15) is 5.75 Å². The van der Waals surface area contributed by atoms with Gasteiger partial charge in [0.2, 0.25) is 0 Å². The zero-order valence-corrected chi connectivity index (χ0v) is 12.4. The number of aliphatic hydroxyl groups excluding tert-OH is 1. The molecule has 0 heterocycles. The minimum atomic E-state index is -0.605. The summed E-state index contributed by atoms with van der Waals surface area (Å²) in [6, 6.07) is 15.9. The third kappa shape index (κ3) is 3.65. The number of terminal acetylenes is 1. The minimum Gasteiger partial charge on any atom is -0.497 e. The highest BCUT2D eigenvalue weighted by atomic mass is 16.5. The molecule has 0 amide bonds. The Morgan fingerprint density at radius 3 is 2.05 bits per heavy atom. The van der Waals surface area contributed by atoms with Crippen molar-refractivity contribution in [3.8, 4) is 18.1 Å². The highest BCUT2D eigenvalue weighted by Crippen LogP contribution is 2.31. The molecule has 2 atom stereocenters. The predicted molar refractivity (Wildman–Crippen MR) is 85.5 cm³/mol. The number of benzene rings is 2. The van der Waals surface area contributed by atoms with E-state index in [1.165, 1.54) is 5.56 Å². The molecule has 0 saturated carbocycles. The molecule has 0 spiro atoms. The Morgan fingerprint density at radius 2 is 1.57 bits per heavy atom. The number of methoxy groups -OCH3 is 1. The molecule has 1 N–H and O–H groups in total. The quantitative estimate of drug-likeness (QED) is 0.849. The first-order chi connectivity index (χ1) is 10.2. The van der Waals surface area contributed by atoms with Crippen LogP contribution in [0.3, 0.4) is 0 Å². The molecule has 0 aliphatic carbocycles. The van der Waals surface area contributed by atoms with Crippen molar-refractivity contribution >= 4 is 0 Å². The third-order valence-electron chi connectivity index (χ3n) is 3.62. The number of hydrogen-bond acceptors (Lipinski definition) is 2. The van der Waals surface area contributed by atoms with Gasteiger partial charge in [-0.15, -0.1) is 12.3 Å². The molecular formula is C19H20O2. The molecule has 0 aliphatic rings. The standard InChI is InChI=1S/C19H20O2/c1-4-5-18(20)19(15-8-6-14(2)7-9-15)16-10-12-17(21-3)13-11-16/h1,6-13,18-20H,5H2,2-3H3. The molecule has 108 valence electrons. The van der Waals surface area contributed by atoms with E-state index in [1.807, 2.05) is 43.3 Å². The second kappa shape index (κ2) is 6.97. The first-order valence-electron chi connectivity index (χ1n) is 6.97. The van der Waals surface area contributed by atoms with E-state index in [-0.39, 0.29) is 5.92 Å². The lowest BCUT2D eigenvalue weighted by Gasteiger charge is -2.23. The van der Waals surface area contributed by atoms with E-state index in [9.17, 15) is 5.11 Å². The Balaban J connectivity index is 2.39. The summed E-state index contributed by atoms with van der Waals surface area (Å²) >= 11 is 0. The summed E-state index contributed by atoms with van der Waals surface area (Å²) in [5.41, 5.74) is 3.29. The van der Waals surface area contributed by atoms with Gasteiger partial charge in [0.15, 0.2) is 0 Å². The molecular weight excluding hydrogens is 260 g/mol. The molecule has 0 fully saturated rings. The molecule has 0 aliphatic heterocycles. The summed E-state index contributed by atoms with van der Waals surface area (Å²) in [6.07, 6.45) is 5.08. The Morgan fingerprint density at radius 1 is 1.05 bits per heavy atom. The molecule has 2 aromatic carbocycles. The molecule has 2 heteroatoms. The van der Waals surface area contributed by atoms with Crippen molar-refractivity contribution in [1.29, 1.82) is 0 Å². The van der Waals surface area contributed by atoms with Crippen LogP contribution in [-0.2, 0) is 0 Å². The first kappa shape index (κ1) is 15.2. The lowest BCUT2D eigenvalue weighted by atomic mass is 9.85. The maximum atomic E-state index is 10.4. The minimum absolute atomic E-state index is 0.132. The van der Waals surface area contributed by atoms with Crippen LogP contribution in [0.1, 0.15) is 29.0 Å². The van der Waals surface area contributed by atoms with Crippen molar-refractivity contribution in [2.45, 2.75) is 25.4 Å². The second-order valence-corrected chi connectivity index (χ2v) is 5.14. The van der Waals surface area contributed by atoms with Gasteiger partial charge in [-0.1, -0.05) is 42.0 Å². The van der Waals surface area contributed by atoms with Crippen LogP contribution in [0.2, 0.25) is 0 Å². The highest BCUT2D eigenvalue weighted by Gasteiger charge is 2.22. The van der Waals surface area contributed by atoms with Crippen LogP contribution in [0.15, 0.2) is 48.5 Å². The number of ether oxygens (including phenoxy) is 1. The van der Waals surface area contributed by atoms with Crippen LogP contribution >= 0.6 is 0 Å². The van der Waals surface area contributed by atoms with Crippen LogP contribution in [-0.4, -0.2) is 18.3 Å². The monoisotopic (exact) mass is 280 g/mol. The van der Waals surface area contributed by atoms with E-state index in [0.29, 0.717) is 6.42 Å². The fourth-order valence-corrected chi connectivity index (χ4v) is 2.46. The predicted octanol–water partition coefficient (Wildman–Crippen LogP) is 3.52. The van der Waals surface area contributed by atoms with Gasteiger partial charge in [-0.25, -0.2) is 0 Å². The Labute approximate surface area is 126 Å². The largest absolute Gasteiger partial charge is 0.497 e. The van der Waals surface area contributed by atoms with E-state index in [4.69, 9.17) is 11.2 Å².